The second-order valence-electron chi connectivity index (χ2n) is 5.56. The Morgan fingerprint density at radius 2 is 2.04 bits per heavy atom. The number of aliphatic imine (C=N–C) groups is 1. The zero-order valence-corrected chi connectivity index (χ0v) is 16.2. The second kappa shape index (κ2) is 9.46. The van der Waals surface area contributed by atoms with Gasteiger partial charge in [0.25, 0.3) is 0 Å². The van der Waals surface area contributed by atoms with Gasteiger partial charge in [0.2, 0.25) is 0 Å². The zero-order chi connectivity index (χ0) is 15.9. The largest absolute Gasteiger partial charge is 0.357 e. The molecule has 0 saturated carbocycles. The summed E-state index contributed by atoms with van der Waals surface area (Å²) in [6.45, 7) is 3.56. The Morgan fingerprint density at radius 1 is 1.25 bits per heavy atom. The lowest BCUT2D eigenvalue weighted by Gasteiger charge is -2.17. The third kappa shape index (κ3) is 4.83. The molecule has 0 saturated heterocycles. The molecule has 0 radical (unpaired) electrons. The molecule has 0 amide bonds. The minimum Gasteiger partial charge on any atom is -0.357 e. The topological polar surface area (TPSA) is 54.2 Å². The fraction of sp³-hybridized carbons (Fsp3) is 0.333. The van der Waals surface area contributed by atoms with E-state index in [1.54, 1.807) is 6.20 Å². The Balaban J connectivity index is 0.00000208. The molecule has 0 fully saturated rings. The highest BCUT2D eigenvalue weighted by atomic mass is 127. The van der Waals surface area contributed by atoms with Gasteiger partial charge in [0.15, 0.2) is 5.96 Å². The van der Waals surface area contributed by atoms with E-state index in [0.29, 0.717) is 12.6 Å². The molecule has 24 heavy (non-hydrogen) atoms. The van der Waals surface area contributed by atoms with Crippen molar-refractivity contribution in [2.24, 2.45) is 4.99 Å². The maximum absolute atomic E-state index is 4.74. The van der Waals surface area contributed by atoms with E-state index in [2.05, 4.69) is 46.9 Å². The summed E-state index contributed by atoms with van der Waals surface area (Å²) in [5.74, 6) is 0.872. The summed E-state index contributed by atoms with van der Waals surface area (Å²) in [7, 11) is 0. The molecule has 0 unspecified atom stereocenters. The fourth-order valence-corrected chi connectivity index (χ4v) is 2.69. The number of nitrogens with zero attached hydrogens (tertiary/aromatic N) is 3. The second-order valence-corrected chi connectivity index (χ2v) is 5.56. The summed E-state index contributed by atoms with van der Waals surface area (Å²) >= 11 is 0. The van der Waals surface area contributed by atoms with E-state index in [1.165, 1.54) is 0 Å². The standard InChI is InChI=1S/C18H23N5.HI/c1-2-19-18(22-16-9-4-5-10-16)20-14-15-8-3-6-11-17(15)23-13-7-12-21-23;/h3-8,11-13,16H,2,9-10,14H2,1H3,(H2,19,20,22);1H. The van der Waals surface area contributed by atoms with Crippen LogP contribution in [-0.4, -0.2) is 28.3 Å². The maximum atomic E-state index is 4.74. The van der Waals surface area contributed by atoms with Crippen LogP contribution in [0.25, 0.3) is 5.69 Å². The van der Waals surface area contributed by atoms with Crippen molar-refractivity contribution in [1.82, 2.24) is 20.4 Å². The number of aromatic nitrogens is 2. The van der Waals surface area contributed by atoms with Gasteiger partial charge in [0.05, 0.1) is 12.2 Å². The number of guanidine groups is 1. The van der Waals surface area contributed by atoms with E-state index in [1.807, 2.05) is 29.1 Å². The molecule has 128 valence electrons. The summed E-state index contributed by atoms with van der Waals surface area (Å²) in [5, 5.41) is 11.1. The molecule has 6 heteroatoms. The highest BCUT2D eigenvalue weighted by molar-refractivity contribution is 14.0. The van der Waals surface area contributed by atoms with Gasteiger partial charge in [0.1, 0.15) is 0 Å². The summed E-state index contributed by atoms with van der Waals surface area (Å²) in [5.41, 5.74) is 2.22. The van der Waals surface area contributed by atoms with Crippen LogP contribution in [0.2, 0.25) is 0 Å². The van der Waals surface area contributed by atoms with Crippen LogP contribution in [0.1, 0.15) is 25.3 Å². The lowest BCUT2D eigenvalue weighted by atomic mass is 10.2. The first kappa shape index (κ1) is 18.5. The van der Waals surface area contributed by atoms with E-state index >= 15 is 0 Å². The average molecular weight is 437 g/mol. The predicted octanol–water partition coefficient (Wildman–Crippen LogP) is 3.26. The molecule has 5 nitrogen and oxygen atoms in total. The number of halogens is 1. The summed E-state index contributed by atoms with van der Waals surface area (Å²) in [6.07, 6.45) is 10.3. The maximum Gasteiger partial charge on any atom is 0.191 e. The Hall–Kier alpha value is -1.83. The van der Waals surface area contributed by atoms with Crippen LogP contribution in [0.3, 0.4) is 0 Å². The SMILES string of the molecule is CCNC(=NCc1ccccc1-n1cccn1)NC1CC=CC1.I. The van der Waals surface area contributed by atoms with Crippen molar-refractivity contribution < 1.29 is 0 Å². The van der Waals surface area contributed by atoms with Crippen molar-refractivity contribution in [3.05, 3.63) is 60.4 Å². The molecule has 0 spiro atoms. The van der Waals surface area contributed by atoms with Crippen LogP contribution in [0, 0.1) is 0 Å². The van der Waals surface area contributed by atoms with Crippen LogP contribution in [0.4, 0.5) is 0 Å². The van der Waals surface area contributed by atoms with Crippen LogP contribution < -0.4 is 10.6 Å². The van der Waals surface area contributed by atoms with Gasteiger partial charge in [-0.15, -0.1) is 24.0 Å². The first-order chi connectivity index (χ1) is 11.4. The lowest BCUT2D eigenvalue weighted by molar-refractivity contribution is 0.633. The average Bonchev–Trinajstić information content (AvgIpc) is 3.27. The molecule has 0 bridgehead atoms. The first-order valence-corrected chi connectivity index (χ1v) is 8.14. The van der Waals surface area contributed by atoms with Crippen molar-refractivity contribution in [2.45, 2.75) is 32.4 Å². The molecular weight excluding hydrogens is 413 g/mol. The Labute approximate surface area is 160 Å². The van der Waals surface area contributed by atoms with Gasteiger partial charge >= 0.3 is 0 Å². The van der Waals surface area contributed by atoms with Crippen LogP contribution in [-0.2, 0) is 6.54 Å². The van der Waals surface area contributed by atoms with Crippen molar-refractivity contribution in [1.29, 1.82) is 0 Å². The van der Waals surface area contributed by atoms with Gasteiger partial charge < -0.3 is 10.6 Å². The third-order valence-electron chi connectivity index (χ3n) is 3.84. The highest BCUT2D eigenvalue weighted by Gasteiger charge is 2.11. The van der Waals surface area contributed by atoms with Gasteiger partial charge in [-0.05, 0) is 37.5 Å². The quantitative estimate of drug-likeness (QED) is 0.327. The molecule has 0 atom stereocenters. The number of rotatable bonds is 5. The van der Waals surface area contributed by atoms with Crippen molar-refractivity contribution in [3.8, 4) is 5.69 Å². The van der Waals surface area contributed by atoms with Gasteiger partial charge in [0, 0.05) is 25.0 Å². The third-order valence-corrected chi connectivity index (χ3v) is 3.84. The van der Waals surface area contributed by atoms with E-state index in [4.69, 9.17) is 4.99 Å². The van der Waals surface area contributed by atoms with Crippen molar-refractivity contribution >= 4 is 29.9 Å². The number of hydrogen-bond acceptors (Lipinski definition) is 2. The Kier molecular flexibility index (Phi) is 7.30. The molecule has 1 aromatic heterocycles. The first-order valence-electron chi connectivity index (χ1n) is 8.14. The molecule has 3 rings (SSSR count). The van der Waals surface area contributed by atoms with Gasteiger partial charge in [-0.25, -0.2) is 9.67 Å². The van der Waals surface area contributed by atoms with Crippen LogP contribution >= 0.6 is 24.0 Å². The molecular formula is C18H24IN5. The predicted molar refractivity (Wildman–Crippen MR) is 109 cm³/mol. The zero-order valence-electron chi connectivity index (χ0n) is 13.9. The summed E-state index contributed by atoms with van der Waals surface area (Å²) in [6, 6.07) is 10.6. The van der Waals surface area contributed by atoms with Crippen LogP contribution in [0.5, 0.6) is 0 Å². The molecule has 1 aliphatic carbocycles. The smallest absolute Gasteiger partial charge is 0.191 e. The lowest BCUT2D eigenvalue weighted by Crippen LogP contribution is -2.42. The molecule has 2 aromatic rings. The van der Waals surface area contributed by atoms with Crippen LogP contribution in [0.15, 0.2) is 59.9 Å². The van der Waals surface area contributed by atoms with E-state index in [-0.39, 0.29) is 24.0 Å². The monoisotopic (exact) mass is 437 g/mol. The van der Waals surface area contributed by atoms with E-state index < -0.39 is 0 Å². The normalized spacial score (nSPS) is 14.5. The number of nitrogens with one attached hydrogen (secondary N) is 2. The van der Waals surface area contributed by atoms with Crippen molar-refractivity contribution in [2.75, 3.05) is 6.54 Å². The molecule has 0 aliphatic heterocycles. The van der Waals surface area contributed by atoms with E-state index in [9.17, 15) is 0 Å². The Bertz CT molecular complexity index is 670. The fourth-order valence-electron chi connectivity index (χ4n) is 2.69. The summed E-state index contributed by atoms with van der Waals surface area (Å²) in [4.78, 5) is 4.74. The minimum absolute atomic E-state index is 0. The number of benzene rings is 1. The molecule has 2 N–H and O–H groups in total. The summed E-state index contributed by atoms with van der Waals surface area (Å²) < 4.78 is 1.88. The molecule has 1 heterocycles. The van der Waals surface area contributed by atoms with Gasteiger partial charge in [-0.1, -0.05) is 30.4 Å². The number of hydrogen-bond donors (Lipinski definition) is 2. The van der Waals surface area contributed by atoms with Gasteiger partial charge in [-0.3, -0.25) is 0 Å². The Morgan fingerprint density at radius 3 is 2.75 bits per heavy atom. The van der Waals surface area contributed by atoms with E-state index in [0.717, 1.165) is 36.6 Å². The van der Waals surface area contributed by atoms with Crippen molar-refractivity contribution in [3.63, 3.8) is 0 Å². The minimum atomic E-state index is 0. The number of para-hydroxylation sites is 1. The highest BCUT2D eigenvalue weighted by Crippen LogP contribution is 2.14. The molecule has 1 aliphatic rings. The molecule has 1 aromatic carbocycles. The van der Waals surface area contributed by atoms with Gasteiger partial charge in [-0.2, -0.15) is 5.10 Å².